The van der Waals surface area contributed by atoms with Gasteiger partial charge in [-0.25, -0.2) is 4.79 Å². The Morgan fingerprint density at radius 3 is 2.35 bits per heavy atom. The summed E-state index contributed by atoms with van der Waals surface area (Å²) in [5.41, 5.74) is 0. The number of carbonyl (C=O) groups is 2. The molecule has 0 aromatic carbocycles. The van der Waals surface area contributed by atoms with Gasteiger partial charge in [-0.05, 0) is 24.8 Å². The van der Waals surface area contributed by atoms with E-state index >= 15 is 0 Å². The van der Waals surface area contributed by atoms with Gasteiger partial charge in [0.15, 0.2) is 5.78 Å². The van der Waals surface area contributed by atoms with Crippen LogP contribution in [0.4, 0.5) is 0 Å². The zero-order valence-electron chi connectivity index (χ0n) is 12.6. The van der Waals surface area contributed by atoms with Crippen molar-refractivity contribution in [1.29, 1.82) is 0 Å². The Labute approximate surface area is 121 Å². The predicted octanol–water partition coefficient (Wildman–Crippen LogP) is 2.93. The van der Waals surface area contributed by atoms with E-state index < -0.39 is 5.97 Å². The molecule has 20 heavy (non-hydrogen) atoms. The van der Waals surface area contributed by atoms with Gasteiger partial charge in [0.2, 0.25) is 0 Å². The number of ketones is 1. The van der Waals surface area contributed by atoms with Crippen molar-refractivity contribution in [3.05, 3.63) is 25.3 Å². The fourth-order valence-electron chi connectivity index (χ4n) is 1.49. The van der Waals surface area contributed by atoms with E-state index in [1.807, 2.05) is 0 Å². The van der Waals surface area contributed by atoms with Crippen LogP contribution in [0.1, 0.15) is 33.1 Å². The predicted molar refractivity (Wildman–Crippen MR) is 79.4 cm³/mol. The van der Waals surface area contributed by atoms with Crippen LogP contribution in [0, 0.1) is 11.8 Å². The topological polar surface area (TPSA) is 52.6 Å². The molecule has 0 aliphatic heterocycles. The Morgan fingerprint density at radius 1 is 1.10 bits per heavy atom. The van der Waals surface area contributed by atoms with Gasteiger partial charge in [0.05, 0.1) is 13.2 Å². The minimum Gasteiger partial charge on any atom is -0.462 e. The smallest absolute Gasteiger partial charge is 0.330 e. The van der Waals surface area contributed by atoms with Crippen LogP contribution in [0.25, 0.3) is 0 Å². The van der Waals surface area contributed by atoms with Crippen LogP contribution in [0.2, 0.25) is 0 Å². The van der Waals surface area contributed by atoms with E-state index in [1.54, 1.807) is 0 Å². The number of rotatable bonds is 12. The molecule has 0 aromatic heterocycles. The maximum Gasteiger partial charge on any atom is 0.330 e. The molecule has 4 nitrogen and oxygen atoms in total. The molecule has 1 atom stereocenters. The van der Waals surface area contributed by atoms with Gasteiger partial charge < -0.3 is 9.47 Å². The molecule has 0 aliphatic rings. The standard InChI is InChI=1S/C16H26O4/c1-5-15(17)8-7-14(12-20-16(18)6-2)11-19-10-9-13(3)4/h5-6,13-14H,1-2,7-12H2,3-4H3. The van der Waals surface area contributed by atoms with Crippen molar-refractivity contribution in [3.63, 3.8) is 0 Å². The SMILES string of the molecule is C=CC(=O)CCC(COCCC(C)C)COC(=O)C=C. The second kappa shape index (κ2) is 11.4. The lowest BCUT2D eigenvalue weighted by Crippen LogP contribution is -2.20. The Morgan fingerprint density at radius 2 is 1.80 bits per heavy atom. The summed E-state index contributed by atoms with van der Waals surface area (Å²) in [5, 5.41) is 0. The first-order chi connectivity index (χ1) is 9.49. The normalized spacial score (nSPS) is 11.9. The van der Waals surface area contributed by atoms with Crippen molar-refractivity contribution in [1.82, 2.24) is 0 Å². The highest BCUT2D eigenvalue weighted by Gasteiger charge is 2.13. The van der Waals surface area contributed by atoms with Crippen LogP contribution >= 0.6 is 0 Å². The van der Waals surface area contributed by atoms with Gasteiger partial charge in [0.1, 0.15) is 0 Å². The Kier molecular flexibility index (Phi) is 10.6. The molecule has 114 valence electrons. The molecule has 1 unspecified atom stereocenters. The summed E-state index contributed by atoms with van der Waals surface area (Å²) in [5.74, 6) is 0.156. The van der Waals surface area contributed by atoms with Gasteiger partial charge in [-0.15, -0.1) is 0 Å². The molecule has 0 aliphatic carbocycles. The summed E-state index contributed by atoms with van der Waals surface area (Å²) in [6.07, 6.45) is 4.45. The van der Waals surface area contributed by atoms with Gasteiger partial charge in [-0.2, -0.15) is 0 Å². The molecule has 0 heterocycles. The molecule has 0 aromatic rings. The first-order valence-corrected chi connectivity index (χ1v) is 7.01. The van der Waals surface area contributed by atoms with E-state index in [9.17, 15) is 9.59 Å². The number of hydrogen-bond donors (Lipinski definition) is 0. The molecular weight excluding hydrogens is 256 g/mol. The minimum absolute atomic E-state index is 0.00720. The average molecular weight is 282 g/mol. The summed E-state index contributed by atoms with van der Waals surface area (Å²) < 4.78 is 10.6. The first-order valence-electron chi connectivity index (χ1n) is 7.01. The number of hydrogen-bond acceptors (Lipinski definition) is 4. The summed E-state index contributed by atoms with van der Waals surface area (Å²) in [7, 11) is 0. The van der Waals surface area contributed by atoms with E-state index in [1.165, 1.54) is 6.08 Å². The van der Waals surface area contributed by atoms with Crippen molar-refractivity contribution in [2.75, 3.05) is 19.8 Å². The molecule has 0 fully saturated rings. The van der Waals surface area contributed by atoms with Gasteiger partial charge in [0.25, 0.3) is 0 Å². The van der Waals surface area contributed by atoms with Gasteiger partial charge in [-0.1, -0.05) is 27.0 Å². The van der Waals surface area contributed by atoms with Crippen molar-refractivity contribution < 1.29 is 19.1 Å². The van der Waals surface area contributed by atoms with Gasteiger partial charge >= 0.3 is 5.97 Å². The van der Waals surface area contributed by atoms with Crippen LogP contribution in [0.3, 0.4) is 0 Å². The molecule has 0 saturated heterocycles. The molecule has 4 heteroatoms. The summed E-state index contributed by atoms with van der Waals surface area (Å²) in [6, 6.07) is 0. The van der Waals surface area contributed by atoms with Gasteiger partial charge in [0, 0.05) is 25.0 Å². The van der Waals surface area contributed by atoms with Crippen molar-refractivity contribution in [2.45, 2.75) is 33.1 Å². The highest BCUT2D eigenvalue weighted by molar-refractivity contribution is 5.88. The molecule has 0 radical (unpaired) electrons. The third-order valence-corrected chi connectivity index (χ3v) is 2.85. The second-order valence-corrected chi connectivity index (χ2v) is 5.17. The van der Waals surface area contributed by atoms with Crippen molar-refractivity contribution in [2.24, 2.45) is 11.8 Å². The highest BCUT2D eigenvalue weighted by atomic mass is 16.5. The third kappa shape index (κ3) is 10.5. The summed E-state index contributed by atoms with van der Waals surface area (Å²) in [4.78, 5) is 22.3. The Bertz CT molecular complexity index is 296. The average Bonchev–Trinajstić information content (AvgIpc) is 2.44. The molecule has 0 rings (SSSR count). The van der Waals surface area contributed by atoms with Crippen LogP contribution in [-0.4, -0.2) is 31.6 Å². The molecule has 0 amide bonds. The van der Waals surface area contributed by atoms with E-state index in [0.717, 1.165) is 12.5 Å². The number of carbonyl (C=O) groups excluding carboxylic acids is 2. The first kappa shape index (κ1) is 18.6. The lowest BCUT2D eigenvalue weighted by Gasteiger charge is -2.16. The maximum absolute atomic E-state index is 11.2. The quantitative estimate of drug-likeness (QED) is 0.314. The molecule has 0 saturated carbocycles. The van der Waals surface area contributed by atoms with Crippen LogP contribution < -0.4 is 0 Å². The van der Waals surface area contributed by atoms with Crippen LogP contribution in [0.5, 0.6) is 0 Å². The van der Waals surface area contributed by atoms with Crippen molar-refractivity contribution in [3.8, 4) is 0 Å². The van der Waals surface area contributed by atoms with Crippen LogP contribution in [0.15, 0.2) is 25.3 Å². The zero-order valence-corrected chi connectivity index (χ0v) is 12.6. The molecule has 0 bridgehead atoms. The van der Waals surface area contributed by atoms with Crippen molar-refractivity contribution >= 4 is 11.8 Å². The summed E-state index contributed by atoms with van der Waals surface area (Å²) in [6.45, 7) is 12.5. The zero-order chi connectivity index (χ0) is 15.4. The number of esters is 1. The second-order valence-electron chi connectivity index (χ2n) is 5.17. The molecule has 0 spiro atoms. The lowest BCUT2D eigenvalue weighted by atomic mass is 10.0. The number of allylic oxidation sites excluding steroid dienone is 1. The Balaban J connectivity index is 4.09. The summed E-state index contributed by atoms with van der Waals surface area (Å²) >= 11 is 0. The minimum atomic E-state index is -0.452. The van der Waals surface area contributed by atoms with E-state index in [0.29, 0.717) is 32.0 Å². The fraction of sp³-hybridized carbons (Fsp3) is 0.625. The number of ether oxygens (including phenoxy) is 2. The van der Waals surface area contributed by atoms with E-state index in [2.05, 4.69) is 27.0 Å². The lowest BCUT2D eigenvalue weighted by molar-refractivity contribution is -0.139. The molecular formula is C16H26O4. The third-order valence-electron chi connectivity index (χ3n) is 2.85. The fourth-order valence-corrected chi connectivity index (χ4v) is 1.49. The van der Waals surface area contributed by atoms with E-state index in [4.69, 9.17) is 9.47 Å². The van der Waals surface area contributed by atoms with Crippen LogP contribution in [-0.2, 0) is 19.1 Å². The Hall–Kier alpha value is -1.42. The monoisotopic (exact) mass is 282 g/mol. The largest absolute Gasteiger partial charge is 0.462 e. The maximum atomic E-state index is 11.2. The molecule has 0 N–H and O–H groups in total. The highest BCUT2D eigenvalue weighted by Crippen LogP contribution is 2.10. The van der Waals surface area contributed by atoms with E-state index in [-0.39, 0.29) is 18.3 Å². The van der Waals surface area contributed by atoms with Gasteiger partial charge in [-0.3, -0.25) is 4.79 Å².